The molecule has 3 N–H and O–H groups in total. The van der Waals surface area contributed by atoms with E-state index in [1.165, 1.54) is 6.07 Å². The van der Waals surface area contributed by atoms with Crippen LogP contribution in [0.2, 0.25) is 0 Å². The molecule has 0 aromatic heterocycles. The Kier molecular flexibility index (Phi) is 4.37. The summed E-state index contributed by atoms with van der Waals surface area (Å²) in [5.41, 5.74) is 2.66. The lowest BCUT2D eigenvalue weighted by Gasteiger charge is -2.20. The van der Waals surface area contributed by atoms with E-state index in [0.717, 1.165) is 42.5 Å². The number of rotatable bonds is 4. The molecule has 0 saturated heterocycles. The molecule has 0 saturated carbocycles. The van der Waals surface area contributed by atoms with E-state index in [9.17, 15) is 15.0 Å². The number of phenolic OH excluding ortho intramolecular Hbond substituents is 2. The molecule has 0 unspecified atom stereocenters. The maximum Gasteiger partial charge on any atom is 0.262 e. The SMILES string of the molecule is O=C(COc1ccccc1O)Nc1ccc(O)c2c1CCCC2. The van der Waals surface area contributed by atoms with E-state index in [1.54, 1.807) is 30.3 Å². The standard InChI is InChI=1S/C18H19NO4/c20-15-10-9-14(12-5-1-2-6-13(12)15)19-18(22)11-23-17-8-4-3-7-16(17)21/h3-4,7-10,20-21H,1-2,5-6,11H2,(H,19,22). The molecular weight excluding hydrogens is 294 g/mol. The first kappa shape index (κ1) is 15.2. The van der Waals surface area contributed by atoms with Crippen LogP contribution in [-0.2, 0) is 17.6 Å². The quantitative estimate of drug-likeness (QED) is 0.758. The molecule has 0 bridgehead atoms. The smallest absolute Gasteiger partial charge is 0.262 e. The minimum atomic E-state index is -0.299. The number of carbonyl (C=O) groups excluding carboxylic acids is 1. The van der Waals surface area contributed by atoms with Crippen LogP contribution >= 0.6 is 0 Å². The minimum absolute atomic E-state index is 0.00214. The van der Waals surface area contributed by atoms with E-state index < -0.39 is 0 Å². The summed E-state index contributed by atoms with van der Waals surface area (Å²) in [6.07, 6.45) is 3.78. The summed E-state index contributed by atoms with van der Waals surface area (Å²) in [5.74, 6) is 0.271. The number of ether oxygens (including phenoxy) is 1. The van der Waals surface area contributed by atoms with E-state index in [4.69, 9.17) is 4.74 Å². The number of para-hydroxylation sites is 2. The average molecular weight is 313 g/mol. The van der Waals surface area contributed by atoms with Crippen LogP contribution in [0.5, 0.6) is 17.2 Å². The molecule has 0 atom stereocenters. The molecular formula is C18H19NO4. The fourth-order valence-corrected chi connectivity index (χ4v) is 2.87. The number of hydrogen-bond donors (Lipinski definition) is 3. The molecule has 1 aliphatic carbocycles. The Morgan fingerprint density at radius 1 is 1.00 bits per heavy atom. The lowest BCUT2D eigenvalue weighted by molar-refractivity contribution is -0.118. The third-order valence-electron chi connectivity index (χ3n) is 4.01. The summed E-state index contributed by atoms with van der Waals surface area (Å²) in [6.45, 7) is -0.187. The van der Waals surface area contributed by atoms with E-state index in [0.29, 0.717) is 5.75 Å². The number of phenols is 2. The van der Waals surface area contributed by atoms with Crippen molar-refractivity contribution < 1.29 is 19.7 Å². The highest BCUT2D eigenvalue weighted by molar-refractivity contribution is 5.93. The zero-order valence-electron chi connectivity index (χ0n) is 12.7. The molecule has 1 amide bonds. The minimum Gasteiger partial charge on any atom is -0.508 e. The summed E-state index contributed by atoms with van der Waals surface area (Å²) in [6, 6.07) is 9.85. The number of carbonyl (C=O) groups is 1. The van der Waals surface area contributed by atoms with Crippen LogP contribution in [0.4, 0.5) is 5.69 Å². The number of aromatic hydroxyl groups is 2. The molecule has 0 spiro atoms. The van der Waals surface area contributed by atoms with Crippen LogP contribution in [0, 0.1) is 0 Å². The highest BCUT2D eigenvalue weighted by Crippen LogP contribution is 2.34. The summed E-state index contributed by atoms with van der Waals surface area (Å²) < 4.78 is 5.33. The number of nitrogens with one attached hydrogen (secondary N) is 1. The second kappa shape index (κ2) is 6.60. The second-order valence-electron chi connectivity index (χ2n) is 5.60. The van der Waals surface area contributed by atoms with Crippen molar-refractivity contribution in [3.63, 3.8) is 0 Å². The van der Waals surface area contributed by atoms with Crippen molar-refractivity contribution in [2.45, 2.75) is 25.7 Å². The van der Waals surface area contributed by atoms with Gasteiger partial charge in [-0.3, -0.25) is 4.79 Å². The molecule has 3 rings (SSSR count). The fraction of sp³-hybridized carbons (Fsp3) is 0.278. The van der Waals surface area contributed by atoms with Gasteiger partial charge < -0.3 is 20.3 Å². The summed E-state index contributed by atoms with van der Waals surface area (Å²) >= 11 is 0. The van der Waals surface area contributed by atoms with E-state index in [2.05, 4.69) is 5.32 Å². The van der Waals surface area contributed by atoms with Crippen molar-refractivity contribution in [3.05, 3.63) is 47.5 Å². The Balaban J connectivity index is 1.68. The topological polar surface area (TPSA) is 78.8 Å². The monoisotopic (exact) mass is 313 g/mol. The van der Waals surface area contributed by atoms with Crippen LogP contribution in [-0.4, -0.2) is 22.7 Å². The molecule has 0 fully saturated rings. The van der Waals surface area contributed by atoms with Crippen molar-refractivity contribution in [2.75, 3.05) is 11.9 Å². The van der Waals surface area contributed by atoms with Crippen LogP contribution in [0.15, 0.2) is 36.4 Å². The predicted octanol–water partition coefficient (Wildman–Crippen LogP) is 2.99. The Bertz CT molecular complexity index is 727. The van der Waals surface area contributed by atoms with Crippen molar-refractivity contribution in [1.82, 2.24) is 0 Å². The van der Waals surface area contributed by atoms with Crippen molar-refractivity contribution in [1.29, 1.82) is 0 Å². The average Bonchev–Trinajstić information content (AvgIpc) is 2.57. The molecule has 5 heteroatoms. The second-order valence-corrected chi connectivity index (χ2v) is 5.60. The molecule has 2 aromatic rings. The third kappa shape index (κ3) is 3.39. The summed E-state index contributed by atoms with van der Waals surface area (Å²) in [5, 5.41) is 22.4. The van der Waals surface area contributed by atoms with Crippen LogP contribution in [0.25, 0.3) is 0 Å². The van der Waals surface area contributed by atoms with Gasteiger partial charge in [0.1, 0.15) is 5.75 Å². The van der Waals surface area contributed by atoms with Gasteiger partial charge in [-0.1, -0.05) is 12.1 Å². The van der Waals surface area contributed by atoms with Gasteiger partial charge in [-0.25, -0.2) is 0 Å². The molecule has 2 aromatic carbocycles. The van der Waals surface area contributed by atoms with E-state index >= 15 is 0 Å². The van der Waals surface area contributed by atoms with E-state index in [1.807, 2.05) is 0 Å². The van der Waals surface area contributed by atoms with Gasteiger partial charge in [-0.2, -0.15) is 0 Å². The highest BCUT2D eigenvalue weighted by Gasteiger charge is 2.18. The largest absolute Gasteiger partial charge is 0.508 e. The molecule has 0 radical (unpaired) electrons. The van der Waals surface area contributed by atoms with Gasteiger partial charge in [0.15, 0.2) is 18.1 Å². The number of anilines is 1. The van der Waals surface area contributed by atoms with Crippen molar-refractivity contribution in [2.24, 2.45) is 0 Å². The maximum absolute atomic E-state index is 12.1. The van der Waals surface area contributed by atoms with Crippen molar-refractivity contribution in [3.8, 4) is 17.2 Å². The number of hydrogen-bond acceptors (Lipinski definition) is 4. The van der Waals surface area contributed by atoms with Crippen LogP contribution in [0.1, 0.15) is 24.0 Å². The van der Waals surface area contributed by atoms with Gasteiger partial charge in [0.2, 0.25) is 0 Å². The maximum atomic E-state index is 12.1. The van der Waals surface area contributed by atoms with Gasteiger partial charge in [-0.15, -0.1) is 0 Å². The van der Waals surface area contributed by atoms with Gasteiger partial charge >= 0.3 is 0 Å². The first-order valence-corrected chi connectivity index (χ1v) is 7.69. The molecule has 5 nitrogen and oxygen atoms in total. The number of fused-ring (bicyclic) bond motifs is 1. The lowest BCUT2D eigenvalue weighted by Crippen LogP contribution is -2.21. The summed E-state index contributed by atoms with van der Waals surface area (Å²) in [4.78, 5) is 12.1. The van der Waals surface area contributed by atoms with Crippen molar-refractivity contribution >= 4 is 11.6 Å². The normalized spacial score (nSPS) is 13.2. The molecule has 1 aliphatic rings. The zero-order valence-corrected chi connectivity index (χ0v) is 12.7. The lowest BCUT2D eigenvalue weighted by atomic mass is 9.89. The molecule has 120 valence electrons. The summed E-state index contributed by atoms with van der Waals surface area (Å²) in [7, 11) is 0. The molecule has 23 heavy (non-hydrogen) atoms. The van der Waals surface area contributed by atoms with Gasteiger partial charge in [0.05, 0.1) is 0 Å². The first-order chi connectivity index (χ1) is 11.1. The highest BCUT2D eigenvalue weighted by atomic mass is 16.5. The van der Waals surface area contributed by atoms with E-state index in [-0.39, 0.29) is 24.0 Å². The van der Waals surface area contributed by atoms with Gasteiger partial charge in [-0.05, 0) is 61.1 Å². The number of amides is 1. The predicted molar refractivity (Wildman–Crippen MR) is 87.0 cm³/mol. The Morgan fingerprint density at radius 3 is 2.52 bits per heavy atom. The van der Waals surface area contributed by atoms with Gasteiger partial charge in [0, 0.05) is 5.69 Å². The molecule has 0 aliphatic heterocycles. The molecule has 0 heterocycles. The number of benzene rings is 2. The van der Waals surface area contributed by atoms with Crippen LogP contribution in [0.3, 0.4) is 0 Å². The Labute approximate surface area is 134 Å². The third-order valence-corrected chi connectivity index (χ3v) is 4.01. The van der Waals surface area contributed by atoms with Crippen LogP contribution < -0.4 is 10.1 Å². The van der Waals surface area contributed by atoms with Gasteiger partial charge in [0.25, 0.3) is 5.91 Å². The zero-order chi connectivity index (χ0) is 16.2. The Hall–Kier alpha value is -2.69. The fourth-order valence-electron chi connectivity index (χ4n) is 2.87. The Morgan fingerprint density at radius 2 is 1.74 bits per heavy atom. The first-order valence-electron chi connectivity index (χ1n) is 7.69.